The third kappa shape index (κ3) is 4.55. The number of benzene rings is 1. The highest BCUT2D eigenvalue weighted by molar-refractivity contribution is 6.00. The summed E-state index contributed by atoms with van der Waals surface area (Å²) in [5.41, 5.74) is -0.287. The molecule has 1 atom stereocenters. The van der Waals surface area contributed by atoms with E-state index in [0.29, 0.717) is 6.61 Å². The maximum atomic E-state index is 13.1. The highest BCUT2D eigenvalue weighted by Crippen LogP contribution is 2.17. The average molecular weight is 270 g/mol. The Morgan fingerprint density at radius 3 is 2.74 bits per heavy atom. The molecule has 3 N–H and O–H groups in total. The Hall–Kier alpha value is -2.15. The Labute approximate surface area is 109 Å². The fraction of sp³-hybridized carbons (Fsp3) is 0.333. The second-order valence-electron chi connectivity index (χ2n) is 3.95. The van der Waals surface area contributed by atoms with Crippen LogP contribution in [-0.2, 0) is 4.74 Å². The van der Waals surface area contributed by atoms with Crippen LogP contribution in [0.25, 0.3) is 0 Å². The first-order valence-corrected chi connectivity index (χ1v) is 5.53. The molecule has 1 aromatic carbocycles. The van der Waals surface area contributed by atoms with Gasteiger partial charge in [0.15, 0.2) is 0 Å². The number of carboxylic acids is 1. The molecule has 0 aliphatic carbocycles. The number of amides is 2. The number of rotatable bonds is 5. The molecule has 0 aliphatic rings. The Kier molecular flexibility index (Phi) is 5.25. The Morgan fingerprint density at radius 2 is 2.16 bits per heavy atom. The van der Waals surface area contributed by atoms with E-state index in [4.69, 9.17) is 9.84 Å². The summed E-state index contributed by atoms with van der Waals surface area (Å²) in [6, 6.07) is 2.17. The van der Waals surface area contributed by atoms with Gasteiger partial charge in [-0.3, -0.25) is 0 Å². The predicted molar refractivity (Wildman–Crippen MR) is 66.9 cm³/mol. The van der Waals surface area contributed by atoms with E-state index in [-0.39, 0.29) is 17.3 Å². The number of anilines is 1. The molecular formula is C12H15FN2O4. The summed E-state index contributed by atoms with van der Waals surface area (Å²) in [5, 5.41) is 13.7. The van der Waals surface area contributed by atoms with Crippen molar-refractivity contribution in [2.45, 2.75) is 13.0 Å². The molecular weight excluding hydrogens is 255 g/mol. The molecule has 0 aliphatic heterocycles. The molecule has 0 saturated carbocycles. The monoisotopic (exact) mass is 270 g/mol. The van der Waals surface area contributed by atoms with Gasteiger partial charge < -0.3 is 20.5 Å². The number of hydrogen-bond acceptors (Lipinski definition) is 3. The minimum atomic E-state index is -1.25. The number of aromatic carboxylic acids is 1. The van der Waals surface area contributed by atoms with Crippen LogP contribution >= 0.6 is 0 Å². The first-order chi connectivity index (χ1) is 8.93. The zero-order valence-electron chi connectivity index (χ0n) is 10.6. The van der Waals surface area contributed by atoms with Crippen LogP contribution in [0, 0.1) is 5.82 Å². The van der Waals surface area contributed by atoms with Gasteiger partial charge in [0.1, 0.15) is 5.82 Å². The molecule has 0 fully saturated rings. The lowest BCUT2D eigenvalue weighted by atomic mass is 10.2. The number of halogens is 1. The highest BCUT2D eigenvalue weighted by Gasteiger charge is 2.14. The fourth-order valence-electron chi connectivity index (χ4n) is 1.48. The Bertz CT molecular complexity index is 479. The number of ether oxygens (including phenoxy) is 1. The zero-order valence-corrected chi connectivity index (χ0v) is 10.6. The summed E-state index contributed by atoms with van der Waals surface area (Å²) in [6.07, 6.45) is 0. The van der Waals surface area contributed by atoms with Crippen LogP contribution in [-0.4, -0.2) is 36.9 Å². The maximum absolute atomic E-state index is 13.1. The van der Waals surface area contributed by atoms with Crippen LogP contribution in [0.1, 0.15) is 17.3 Å². The summed E-state index contributed by atoms with van der Waals surface area (Å²) < 4.78 is 17.9. The van der Waals surface area contributed by atoms with Gasteiger partial charge in [-0.05, 0) is 25.1 Å². The minimum Gasteiger partial charge on any atom is -0.478 e. The van der Waals surface area contributed by atoms with Crippen molar-refractivity contribution in [3.63, 3.8) is 0 Å². The van der Waals surface area contributed by atoms with Gasteiger partial charge in [0.25, 0.3) is 0 Å². The molecule has 7 heteroatoms. The van der Waals surface area contributed by atoms with Crippen molar-refractivity contribution in [3.05, 3.63) is 29.6 Å². The van der Waals surface area contributed by atoms with Crippen LogP contribution in [0.3, 0.4) is 0 Å². The topological polar surface area (TPSA) is 87.7 Å². The standard InChI is InChI=1S/C12H15FN2O4/c1-7(6-19-2)14-12(18)15-10-5-8(13)3-4-9(10)11(16)17/h3-5,7H,6H2,1-2H3,(H,16,17)(H2,14,15,18). The lowest BCUT2D eigenvalue weighted by Crippen LogP contribution is -2.38. The van der Waals surface area contributed by atoms with E-state index < -0.39 is 17.8 Å². The van der Waals surface area contributed by atoms with Crippen molar-refractivity contribution in [1.82, 2.24) is 5.32 Å². The number of methoxy groups -OCH3 is 1. The lowest BCUT2D eigenvalue weighted by Gasteiger charge is -2.14. The van der Waals surface area contributed by atoms with Gasteiger partial charge >= 0.3 is 12.0 Å². The molecule has 6 nitrogen and oxygen atoms in total. The Morgan fingerprint density at radius 1 is 1.47 bits per heavy atom. The minimum absolute atomic E-state index is 0.102. The third-order valence-electron chi connectivity index (χ3n) is 2.25. The van der Waals surface area contributed by atoms with Crippen molar-refractivity contribution in [2.24, 2.45) is 0 Å². The van der Waals surface area contributed by atoms with Crippen LogP contribution in [0.4, 0.5) is 14.9 Å². The van der Waals surface area contributed by atoms with Crippen molar-refractivity contribution >= 4 is 17.7 Å². The summed E-state index contributed by atoms with van der Waals surface area (Å²) in [5.74, 6) is -1.88. The van der Waals surface area contributed by atoms with E-state index >= 15 is 0 Å². The normalized spacial score (nSPS) is 11.7. The number of carbonyl (C=O) groups is 2. The SMILES string of the molecule is COCC(C)NC(=O)Nc1cc(F)ccc1C(=O)O. The molecule has 1 aromatic rings. The average Bonchev–Trinajstić information content (AvgIpc) is 2.28. The van der Waals surface area contributed by atoms with E-state index in [1.165, 1.54) is 7.11 Å². The largest absolute Gasteiger partial charge is 0.478 e. The summed E-state index contributed by atoms with van der Waals surface area (Å²) in [4.78, 5) is 22.5. The van der Waals surface area contributed by atoms with Crippen molar-refractivity contribution in [1.29, 1.82) is 0 Å². The predicted octanol–water partition coefficient (Wildman–Crippen LogP) is 1.68. The van der Waals surface area contributed by atoms with Crippen molar-refractivity contribution < 1.29 is 23.8 Å². The summed E-state index contributed by atoms with van der Waals surface area (Å²) in [7, 11) is 1.49. The van der Waals surface area contributed by atoms with E-state index in [1.54, 1.807) is 6.92 Å². The number of carboxylic acid groups (broad SMARTS) is 1. The van der Waals surface area contributed by atoms with Crippen LogP contribution in [0.15, 0.2) is 18.2 Å². The van der Waals surface area contributed by atoms with Gasteiger partial charge in [0, 0.05) is 7.11 Å². The van der Waals surface area contributed by atoms with Gasteiger partial charge in [-0.15, -0.1) is 0 Å². The summed E-state index contributed by atoms with van der Waals surface area (Å²) >= 11 is 0. The van der Waals surface area contributed by atoms with Crippen LogP contribution < -0.4 is 10.6 Å². The molecule has 104 valence electrons. The number of urea groups is 1. The Balaban J connectivity index is 2.78. The summed E-state index contributed by atoms with van der Waals surface area (Å²) in [6.45, 7) is 2.02. The van der Waals surface area contributed by atoms with Gasteiger partial charge in [0.2, 0.25) is 0 Å². The molecule has 1 unspecified atom stereocenters. The molecule has 0 radical (unpaired) electrons. The van der Waals surface area contributed by atoms with Gasteiger partial charge in [-0.2, -0.15) is 0 Å². The second-order valence-corrected chi connectivity index (χ2v) is 3.95. The van der Waals surface area contributed by atoms with Gasteiger partial charge in [-0.1, -0.05) is 0 Å². The quantitative estimate of drug-likeness (QED) is 0.759. The molecule has 2 amide bonds. The molecule has 0 bridgehead atoms. The molecule has 1 rings (SSSR count). The smallest absolute Gasteiger partial charge is 0.337 e. The van der Waals surface area contributed by atoms with E-state index in [2.05, 4.69) is 10.6 Å². The maximum Gasteiger partial charge on any atom is 0.337 e. The number of carbonyl (C=O) groups excluding carboxylic acids is 1. The first-order valence-electron chi connectivity index (χ1n) is 5.53. The fourth-order valence-corrected chi connectivity index (χ4v) is 1.48. The number of nitrogens with one attached hydrogen (secondary N) is 2. The van der Waals surface area contributed by atoms with Crippen molar-refractivity contribution in [2.75, 3.05) is 19.0 Å². The van der Waals surface area contributed by atoms with Crippen molar-refractivity contribution in [3.8, 4) is 0 Å². The highest BCUT2D eigenvalue weighted by atomic mass is 19.1. The van der Waals surface area contributed by atoms with Crippen LogP contribution in [0.2, 0.25) is 0 Å². The third-order valence-corrected chi connectivity index (χ3v) is 2.25. The van der Waals surface area contributed by atoms with E-state index in [1.807, 2.05) is 0 Å². The van der Waals surface area contributed by atoms with Gasteiger partial charge in [0.05, 0.1) is 23.9 Å². The molecule has 0 saturated heterocycles. The molecule has 0 aromatic heterocycles. The first kappa shape index (κ1) is 14.9. The molecule has 0 heterocycles. The van der Waals surface area contributed by atoms with E-state index in [0.717, 1.165) is 18.2 Å². The van der Waals surface area contributed by atoms with Crippen LogP contribution in [0.5, 0.6) is 0 Å². The second kappa shape index (κ2) is 6.69. The lowest BCUT2D eigenvalue weighted by molar-refractivity contribution is 0.0698. The van der Waals surface area contributed by atoms with E-state index in [9.17, 15) is 14.0 Å². The molecule has 0 spiro atoms. The number of hydrogen-bond donors (Lipinski definition) is 3. The molecule has 19 heavy (non-hydrogen) atoms. The zero-order chi connectivity index (χ0) is 14.4. The van der Waals surface area contributed by atoms with Gasteiger partial charge in [-0.25, -0.2) is 14.0 Å².